The van der Waals surface area contributed by atoms with Crippen LogP contribution >= 0.6 is 0 Å². The molecule has 4 nitrogen and oxygen atoms in total. The second kappa shape index (κ2) is 5.07. The molecule has 0 spiro atoms. The van der Waals surface area contributed by atoms with Gasteiger partial charge in [0.1, 0.15) is 0 Å². The molecule has 1 heterocycles. The van der Waals surface area contributed by atoms with Crippen LogP contribution in [0.3, 0.4) is 0 Å². The summed E-state index contributed by atoms with van der Waals surface area (Å²) in [6.45, 7) is 2.04. The first-order chi connectivity index (χ1) is 6.63. The number of hydrogen-bond acceptors (Lipinski definition) is 4. The van der Waals surface area contributed by atoms with Gasteiger partial charge in [-0.1, -0.05) is 0 Å². The lowest BCUT2D eigenvalue weighted by atomic mass is 10.4. The van der Waals surface area contributed by atoms with Gasteiger partial charge in [-0.3, -0.25) is 0 Å². The molecule has 0 aromatic carbocycles. The molecule has 0 aliphatic rings. The van der Waals surface area contributed by atoms with Crippen LogP contribution in [0.15, 0.2) is 16.5 Å². The summed E-state index contributed by atoms with van der Waals surface area (Å²) in [5.74, 6) is 0.529. The average molecular weight is 216 g/mol. The standard InChI is InChI=1S/C9H12O4S/c1-3-12-9(10)8-5-4-7(13-8)6-14(2)11/h4-5H,3,6H2,1-2H3. The quantitative estimate of drug-likeness (QED) is 0.562. The number of carbonyl (C=O) groups is 1. The van der Waals surface area contributed by atoms with Gasteiger partial charge in [-0.15, -0.1) is 0 Å². The van der Waals surface area contributed by atoms with E-state index in [0.29, 0.717) is 18.1 Å². The van der Waals surface area contributed by atoms with Crippen LogP contribution in [0.25, 0.3) is 0 Å². The summed E-state index contributed by atoms with van der Waals surface area (Å²) in [5.41, 5.74) is 0. The lowest BCUT2D eigenvalue weighted by Crippen LogP contribution is -2.03. The Hall–Kier alpha value is -0.940. The lowest BCUT2D eigenvalue weighted by molar-refractivity contribution is 0.0488. The van der Waals surface area contributed by atoms with Crippen LogP contribution in [0.4, 0.5) is 0 Å². The van der Waals surface area contributed by atoms with Crippen LogP contribution in [0.2, 0.25) is 0 Å². The Balaban J connectivity index is 2.63. The zero-order valence-electron chi connectivity index (χ0n) is 8.11. The molecule has 0 N–H and O–H groups in total. The summed E-state index contributed by atoms with van der Waals surface area (Å²) >= 11 is -0.966. The molecular weight excluding hydrogens is 204 g/mol. The Bertz CT molecular complexity index is 306. The highest BCUT2D eigenvalue weighted by atomic mass is 32.2. The van der Waals surface area contributed by atoms with Gasteiger partial charge in [-0.2, -0.15) is 0 Å². The van der Waals surface area contributed by atoms with Crippen LogP contribution in [0.1, 0.15) is 23.2 Å². The Kier molecular flexibility index (Phi) is 4.03. The minimum Gasteiger partial charge on any atom is -0.616 e. The fourth-order valence-electron chi connectivity index (χ4n) is 0.968. The Morgan fingerprint density at radius 2 is 2.36 bits per heavy atom. The van der Waals surface area contributed by atoms with Crippen LogP contribution in [0, 0.1) is 0 Å². The van der Waals surface area contributed by atoms with Gasteiger partial charge in [0.05, 0.1) is 12.9 Å². The van der Waals surface area contributed by atoms with Gasteiger partial charge >= 0.3 is 5.97 Å². The van der Waals surface area contributed by atoms with Crippen molar-refractivity contribution >= 4 is 17.1 Å². The fraction of sp³-hybridized carbons (Fsp3) is 0.444. The summed E-state index contributed by atoms with van der Waals surface area (Å²) in [6, 6.07) is 3.16. The molecule has 1 atom stereocenters. The van der Waals surface area contributed by atoms with Crippen molar-refractivity contribution in [1.82, 2.24) is 0 Å². The van der Waals surface area contributed by atoms with E-state index in [2.05, 4.69) is 0 Å². The topological polar surface area (TPSA) is 62.5 Å². The van der Waals surface area contributed by atoms with Crippen molar-refractivity contribution < 1.29 is 18.5 Å². The molecule has 5 heteroatoms. The van der Waals surface area contributed by atoms with Crippen LogP contribution < -0.4 is 0 Å². The van der Waals surface area contributed by atoms with Crippen molar-refractivity contribution in [3.05, 3.63) is 23.7 Å². The third kappa shape index (κ3) is 3.08. The zero-order valence-corrected chi connectivity index (χ0v) is 8.93. The van der Waals surface area contributed by atoms with E-state index in [0.717, 1.165) is 0 Å². The molecule has 0 saturated heterocycles. The second-order valence-electron chi connectivity index (χ2n) is 2.70. The Labute approximate surface area is 85.4 Å². The van der Waals surface area contributed by atoms with Crippen LogP contribution in [-0.2, 0) is 21.7 Å². The smallest absolute Gasteiger partial charge is 0.374 e. The number of furan rings is 1. The second-order valence-corrected chi connectivity index (χ2v) is 4.14. The van der Waals surface area contributed by atoms with E-state index >= 15 is 0 Å². The van der Waals surface area contributed by atoms with Crippen molar-refractivity contribution in [3.8, 4) is 0 Å². The summed E-state index contributed by atoms with van der Waals surface area (Å²) < 4.78 is 20.7. The minimum atomic E-state index is -0.966. The molecule has 0 fully saturated rings. The first kappa shape index (κ1) is 11.1. The molecule has 0 aliphatic heterocycles. The van der Waals surface area contributed by atoms with E-state index in [-0.39, 0.29) is 5.76 Å². The Morgan fingerprint density at radius 3 is 2.93 bits per heavy atom. The van der Waals surface area contributed by atoms with Crippen molar-refractivity contribution in [2.24, 2.45) is 0 Å². The van der Waals surface area contributed by atoms with Gasteiger partial charge in [0, 0.05) is 0 Å². The predicted octanol–water partition coefficient (Wildman–Crippen LogP) is 1.33. The number of carbonyl (C=O) groups excluding carboxylic acids is 1. The van der Waals surface area contributed by atoms with Gasteiger partial charge in [0.2, 0.25) is 5.76 Å². The lowest BCUT2D eigenvalue weighted by Gasteiger charge is -2.01. The molecule has 78 valence electrons. The molecule has 0 aliphatic carbocycles. The predicted molar refractivity (Wildman–Crippen MR) is 52.4 cm³/mol. The highest BCUT2D eigenvalue weighted by Crippen LogP contribution is 2.11. The van der Waals surface area contributed by atoms with E-state index in [1.54, 1.807) is 19.2 Å². The molecule has 1 unspecified atom stereocenters. The van der Waals surface area contributed by atoms with Crippen molar-refractivity contribution in [1.29, 1.82) is 0 Å². The zero-order chi connectivity index (χ0) is 10.6. The maximum atomic E-state index is 11.2. The molecule has 0 amide bonds. The fourth-order valence-corrected chi connectivity index (χ4v) is 1.52. The average Bonchev–Trinajstić information content (AvgIpc) is 2.52. The summed E-state index contributed by atoms with van der Waals surface area (Å²) in [4.78, 5) is 11.2. The third-order valence-electron chi connectivity index (χ3n) is 1.48. The first-order valence-corrected chi connectivity index (χ1v) is 5.92. The number of hydrogen-bond donors (Lipinski definition) is 0. The largest absolute Gasteiger partial charge is 0.616 e. The Morgan fingerprint density at radius 1 is 1.64 bits per heavy atom. The summed E-state index contributed by atoms with van der Waals surface area (Å²) in [6.07, 6.45) is 1.58. The van der Waals surface area contributed by atoms with Crippen LogP contribution in [0.5, 0.6) is 0 Å². The maximum absolute atomic E-state index is 11.2. The van der Waals surface area contributed by atoms with Crippen molar-refractivity contribution in [2.45, 2.75) is 12.7 Å². The minimum absolute atomic E-state index is 0.160. The molecule has 0 bridgehead atoms. The molecule has 14 heavy (non-hydrogen) atoms. The first-order valence-electron chi connectivity index (χ1n) is 4.19. The van der Waals surface area contributed by atoms with Crippen molar-refractivity contribution in [3.63, 3.8) is 0 Å². The highest BCUT2D eigenvalue weighted by molar-refractivity contribution is 7.89. The van der Waals surface area contributed by atoms with Gasteiger partial charge in [0.15, 0.2) is 11.5 Å². The van der Waals surface area contributed by atoms with Gasteiger partial charge in [-0.25, -0.2) is 4.79 Å². The molecule has 1 aromatic rings. The maximum Gasteiger partial charge on any atom is 0.374 e. The van der Waals surface area contributed by atoms with Gasteiger partial charge in [0.25, 0.3) is 0 Å². The molecule has 0 saturated carbocycles. The van der Waals surface area contributed by atoms with E-state index in [1.807, 2.05) is 0 Å². The molecule has 1 aromatic heterocycles. The van der Waals surface area contributed by atoms with E-state index in [9.17, 15) is 9.35 Å². The third-order valence-corrected chi connectivity index (χ3v) is 2.17. The highest BCUT2D eigenvalue weighted by Gasteiger charge is 2.13. The molecule has 1 rings (SSSR count). The normalized spacial score (nSPS) is 12.5. The van der Waals surface area contributed by atoms with Gasteiger partial charge in [-0.05, 0) is 30.2 Å². The number of ether oxygens (including phenoxy) is 1. The number of esters is 1. The number of rotatable bonds is 4. The van der Waals surface area contributed by atoms with E-state index in [4.69, 9.17) is 9.15 Å². The van der Waals surface area contributed by atoms with Gasteiger partial charge < -0.3 is 13.7 Å². The molecular formula is C9H12O4S. The van der Waals surface area contributed by atoms with Crippen LogP contribution in [-0.4, -0.2) is 23.4 Å². The summed E-state index contributed by atoms with van der Waals surface area (Å²) in [7, 11) is 0. The van der Waals surface area contributed by atoms with E-state index < -0.39 is 17.1 Å². The monoisotopic (exact) mass is 216 g/mol. The molecule has 0 radical (unpaired) electrons. The van der Waals surface area contributed by atoms with Crippen molar-refractivity contribution in [2.75, 3.05) is 12.9 Å². The van der Waals surface area contributed by atoms with E-state index in [1.165, 1.54) is 6.07 Å². The summed E-state index contributed by atoms with van der Waals surface area (Å²) in [5, 5.41) is 0. The SMILES string of the molecule is CCOC(=O)c1ccc(C[S+](C)[O-])o1.